The van der Waals surface area contributed by atoms with Crippen molar-refractivity contribution in [2.45, 2.75) is 11.8 Å². The Bertz CT molecular complexity index is 1170. The van der Waals surface area contributed by atoms with Gasteiger partial charge in [0.15, 0.2) is 0 Å². The van der Waals surface area contributed by atoms with Gasteiger partial charge in [0, 0.05) is 4.47 Å². The van der Waals surface area contributed by atoms with Crippen LogP contribution in [0.5, 0.6) is 0 Å². The van der Waals surface area contributed by atoms with Crippen LogP contribution in [0.2, 0.25) is 0 Å². The molecule has 0 bridgehead atoms. The molecule has 8 heteroatoms. The maximum Gasteiger partial charge on any atom is 0.264 e. The summed E-state index contributed by atoms with van der Waals surface area (Å²) in [5, 5.41) is 3.94. The van der Waals surface area contributed by atoms with Crippen LogP contribution in [0.1, 0.15) is 11.1 Å². The van der Waals surface area contributed by atoms with Gasteiger partial charge in [-0.1, -0.05) is 64.5 Å². The molecular weight excluding hydrogens is 466 g/mol. The number of anilines is 1. The summed E-state index contributed by atoms with van der Waals surface area (Å²) >= 11 is 3.37. The molecule has 0 aliphatic carbocycles. The lowest BCUT2D eigenvalue weighted by molar-refractivity contribution is -0.119. The van der Waals surface area contributed by atoms with E-state index in [0.29, 0.717) is 5.69 Å². The van der Waals surface area contributed by atoms with E-state index in [1.54, 1.807) is 43.3 Å². The first-order valence-corrected chi connectivity index (χ1v) is 11.3. The molecule has 6 nitrogen and oxygen atoms in total. The monoisotopic (exact) mass is 485 g/mol. The van der Waals surface area contributed by atoms with E-state index in [-0.39, 0.29) is 4.90 Å². The first-order valence-electron chi connectivity index (χ1n) is 9.09. The van der Waals surface area contributed by atoms with E-state index in [1.807, 2.05) is 30.3 Å². The van der Waals surface area contributed by atoms with Crippen molar-refractivity contribution < 1.29 is 13.2 Å². The third-order valence-corrected chi connectivity index (χ3v) is 6.52. The number of carbonyl (C=O) groups is 1. The fourth-order valence-corrected chi connectivity index (χ4v) is 4.72. The van der Waals surface area contributed by atoms with Gasteiger partial charge in [-0.05, 0) is 48.4 Å². The standard InChI is InChI=1S/C22H20BrN3O3S/c1-17-8-5-6-13-21(17)26(30(28,29)20-11-3-2-4-12-20)16-22(27)25-24-15-18-9-7-10-19(23)14-18/h2-15H,16H2,1H3,(H,25,27)/b24-15-. The highest BCUT2D eigenvalue weighted by atomic mass is 79.9. The van der Waals surface area contributed by atoms with Crippen LogP contribution in [0.4, 0.5) is 5.69 Å². The number of aryl methyl sites for hydroxylation is 1. The van der Waals surface area contributed by atoms with Crippen molar-refractivity contribution in [2.24, 2.45) is 5.10 Å². The van der Waals surface area contributed by atoms with Gasteiger partial charge < -0.3 is 0 Å². The zero-order chi connectivity index (χ0) is 21.6. The number of hydrogen-bond donors (Lipinski definition) is 1. The lowest BCUT2D eigenvalue weighted by Crippen LogP contribution is -2.40. The molecule has 0 aromatic heterocycles. The smallest absolute Gasteiger partial charge is 0.264 e. The van der Waals surface area contributed by atoms with E-state index in [1.165, 1.54) is 18.3 Å². The summed E-state index contributed by atoms with van der Waals surface area (Å²) in [4.78, 5) is 12.6. The molecule has 3 aromatic carbocycles. The molecule has 1 N–H and O–H groups in total. The molecule has 0 radical (unpaired) electrons. The molecule has 0 saturated carbocycles. The van der Waals surface area contributed by atoms with Gasteiger partial charge in [-0.25, -0.2) is 13.8 Å². The molecule has 3 aromatic rings. The van der Waals surface area contributed by atoms with Crippen LogP contribution < -0.4 is 9.73 Å². The van der Waals surface area contributed by atoms with Crippen molar-refractivity contribution >= 4 is 43.8 Å². The number of sulfonamides is 1. The molecule has 154 valence electrons. The highest BCUT2D eigenvalue weighted by Crippen LogP contribution is 2.26. The van der Waals surface area contributed by atoms with Crippen LogP contribution in [0.25, 0.3) is 0 Å². The van der Waals surface area contributed by atoms with Crippen LogP contribution >= 0.6 is 15.9 Å². The Kier molecular flexibility index (Phi) is 7.02. The molecule has 0 fully saturated rings. The quantitative estimate of drug-likeness (QED) is 0.404. The molecule has 0 aliphatic heterocycles. The first kappa shape index (κ1) is 21.7. The minimum absolute atomic E-state index is 0.110. The van der Waals surface area contributed by atoms with Crippen LogP contribution in [0.3, 0.4) is 0 Å². The maximum absolute atomic E-state index is 13.3. The number of para-hydroxylation sites is 1. The number of nitrogens with zero attached hydrogens (tertiary/aromatic N) is 2. The number of nitrogens with one attached hydrogen (secondary N) is 1. The zero-order valence-electron chi connectivity index (χ0n) is 16.2. The fraction of sp³-hybridized carbons (Fsp3) is 0.0909. The summed E-state index contributed by atoms with van der Waals surface area (Å²) < 4.78 is 28.5. The van der Waals surface area contributed by atoms with Crippen molar-refractivity contribution in [3.8, 4) is 0 Å². The predicted octanol–water partition coefficient (Wildman–Crippen LogP) is 4.10. The second kappa shape index (κ2) is 9.69. The van der Waals surface area contributed by atoms with Gasteiger partial charge in [0.25, 0.3) is 15.9 Å². The number of hydrazone groups is 1. The van der Waals surface area contributed by atoms with E-state index in [9.17, 15) is 13.2 Å². The number of rotatable bonds is 7. The lowest BCUT2D eigenvalue weighted by atomic mass is 10.2. The molecule has 0 heterocycles. The van der Waals surface area contributed by atoms with E-state index in [0.717, 1.165) is 19.9 Å². The van der Waals surface area contributed by atoms with Crippen LogP contribution in [0, 0.1) is 6.92 Å². The number of halogens is 1. The molecule has 30 heavy (non-hydrogen) atoms. The Labute approximate surface area is 184 Å². The van der Waals surface area contributed by atoms with Gasteiger partial charge in [-0.15, -0.1) is 0 Å². The molecule has 3 rings (SSSR count). The highest BCUT2D eigenvalue weighted by Gasteiger charge is 2.27. The van der Waals surface area contributed by atoms with Crippen LogP contribution in [0.15, 0.2) is 93.3 Å². The Balaban J connectivity index is 1.84. The van der Waals surface area contributed by atoms with E-state index in [4.69, 9.17) is 0 Å². The largest absolute Gasteiger partial charge is 0.271 e. The second-order valence-corrected chi connectivity index (χ2v) is 9.24. The average Bonchev–Trinajstić information content (AvgIpc) is 2.73. The van der Waals surface area contributed by atoms with Crippen molar-refractivity contribution in [3.05, 3.63) is 94.5 Å². The minimum Gasteiger partial charge on any atom is -0.271 e. The second-order valence-electron chi connectivity index (χ2n) is 6.46. The van der Waals surface area contributed by atoms with Crippen LogP contribution in [-0.2, 0) is 14.8 Å². The summed E-state index contributed by atoms with van der Waals surface area (Å²) in [6.45, 7) is 1.39. The summed E-state index contributed by atoms with van der Waals surface area (Å²) in [6.07, 6.45) is 1.49. The Morgan fingerprint density at radius 2 is 1.73 bits per heavy atom. The molecular formula is C22H20BrN3O3S. The Hall–Kier alpha value is -2.97. The van der Waals surface area contributed by atoms with E-state index < -0.39 is 22.5 Å². The molecule has 0 saturated heterocycles. The van der Waals surface area contributed by atoms with Gasteiger partial charge in [0.2, 0.25) is 0 Å². The molecule has 1 amide bonds. The van der Waals surface area contributed by atoms with Gasteiger partial charge in [-0.3, -0.25) is 9.10 Å². The number of hydrogen-bond acceptors (Lipinski definition) is 4. The zero-order valence-corrected chi connectivity index (χ0v) is 18.6. The van der Waals surface area contributed by atoms with Crippen LogP contribution in [-0.4, -0.2) is 27.1 Å². The molecule has 0 aliphatic rings. The number of amides is 1. The van der Waals surface area contributed by atoms with E-state index in [2.05, 4.69) is 26.5 Å². The third kappa shape index (κ3) is 5.34. The van der Waals surface area contributed by atoms with Crippen molar-refractivity contribution in [3.63, 3.8) is 0 Å². The molecule has 0 atom stereocenters. The highest BCUT2D eigenvalue weighted by molar-refractivity contribution is 9.10. The summed E-state index contributed by atoms with van der Waals surface area (Å²) in [5.74, 6) is -0.552. The van der Waals surface area contributed by atoms with Gasteiger partial charge >= 0.3 is 0 Å². The van der Waals surface area contributed by atoms with Crippen molar-refractivity contribution in [1.82, 2.24) is 5.43 Å². The average molecular weight is 486 g/mol. The normalized spacial score (nSPS) is 11.4. The minimum atomic E-state index is -3.94. The number of benzene rings is 3. The topological polar surface area (TPSA) is 78.8 Å². The Morgan fingerprint density at radius 1 is 1.03 bits per heavy atom. The third-order valence-electron chi connectivity index (χ3n) is 4.25. The predicted molar refractivity (Wildman–Crippen MR) is 122 cm³/mol. The van der Waals surface area contributed by atoms with Gasteiger partial charge in [0.1, 0.15) is 6.54 Å². The summed E-state index contributed by atoms with van der Waals surface area (Å²) in [7, 11) is -3.94. The summed E-state index contributed by atoms with van der Waals surface area (Å²) in [6, 6.07) is 22.5. The SMILES string of the molecule is Cc1ccccc1N(CC(=O)N/N=C\c1cccc(Br)c1)S(=O)(=O)c1ccccc1. The molecule has 0 unspecified atom stereocenters. The molecule has 0 spiro atoms. The Morgan fingerprint density at radius 3 is 2.43 bits per heavy atom. The first-order chi connectivity index (χ1) is 14.4. The van der Waals surface area contributed by atoms with E-state index >= 15 is 0 Å². The van der Waals surface area contributed by atoms with Crippen molar-refractivity contribution in [1.29, 1.82) is 0 Å². The van der Waals surface area contributed by atoms with Crippen molar-refractivity contribution in [2.75, 3.05) is 10.8 Å². The lowest BCUT2D eigenvalue weighted by Gasteiger charge is -2.25. The maximum atomic E-state index is 13.3. The number of carbonyl (C=O) groups excluding carboxylic acids is 1. The summed E-state index contributed by atoms with van der Waals surface area (Å²) in [5.41, 5.74) is 4.37. The van der Waals surface area contributed by atoms with Gasteiger partial charge in [0.05, 0.1) is 16.8 Å². The van der Waals surface area contributed by atoms with Gasteiger partial charge in [-0.2, -0.15) is 5.10 Å². The fourth-order valence-electron chi connectivity index (χ4n) is 2.79.